The molecule has 0 aliphatic carbocycles. The Hall–Kier alpha value is -6.04. The van der Waals surface area contributed by atoms with Crippen molar-refractivity contribution in [2.45, 2.75) is 0 Å². The largest absolute Gasteiger partial charge is 0.458 e. The number of ether oxygens (including phenoxy) is 2. The summed E-state index contributed by atoms with van der Waals surface area (Å²) in [6, 6.07) is 57.5. The molecule has 0 unspecified atom stereocenters. The standard InChI is InChI=1S/C42H27NO3Si/c1-2-12-28(13-3-1)43(29-22-24-32-31-14-4-5-15-33(31)44-38(32)26-29)30-23-25-37-42(27-30)47(41-21-11-8-18-36(41)46-37)39-19-9-6-16-34(39)45-35-17-7-10-20-40(35)47/h1-27H. The maximum Gasteiger partial charge on any atom is 0.196 e. The Labute approximate surface area is 272 Å². The second-order valence-corrected chi connectivity index (χ2v) is 15.7. The Kier molecular flexibility index (Phi) is 5.56. The summed E-state index contributed by atoms with van der Waals surface area (Å²) in [6.07, 6.45) is 0. The second-order valence-electron chi connectivity index (χ2n) is 12.1. The van der Waals surface area contributed by atoms with E-state index < -0.39 is 8.07 Å². The van der Waals surface area contributed by atoms with Crippen LogP contribution in [-0.2, 0) is 0 Å². The number of fused-ring (bicyclic) bond motifs is 11. The number of para-hydroxylation sites is 5. The summed E-state index contributed by atoms with van der Waals surface area (Å²) >= 11 is 0. The molecular weight excluding hydrogens is 595 g/mol. The van der Waals surface area contributed by atoms with Gasteiger partial charge in [-0.1, -0.05) is 91.0 Å². The lowest BCUT2D eigenvalue weighted by Crippen LogP contribution is -2.77. The minimum absolute atomic E-state index is 0.859. The molecular formula is C42H27NO3Si. The Bertz CT molecular complexity index is 2400. The van der Waals surface area contributed by atoms with Crippen LogP contribution in [-0.4, -0.2) is 8.07 Å². The van der Waals surface area contributed by atoms with Crippen LogP contribution in [0.15, 0.2) is 168 Å². The first-order valence-electron chi connectivity index (χ1n) is 15.8. The van der Waals surface area contributed by atoms with Crippen LogP contribution in [0.4, 0.5) is 17.1 Å². The van der Waals surface area contributed by atoms with Gasteiger partial charge in [-0.3, -0.25) is 0 Å². The molecule has 0 bridgehead atoms. The third kappa shape index (κ3) is 3.75. The van der Waals surface area contributed by atoms with Gasteiger partial charge in [-0.05, 0) is 87.5 Å². The summed E-state index contributed by atoms with van der Waals surface area (Å²) in [5, 5.41) is 7.10. The van der Waals surface area contributed by atoms with Crippen LogP contribution in [0.3, 0.4) is 0 Å². The Morgan fingerprint density at radius 1 is 0.362 bits per heavy atom. The van der Waals surface area contributed by atoms with Crippen molar-refractivity contribution in [3.63, 3.8) is 0 Å². The molecule has 2 aliphatic rings. The van der Waals surface area contributed by atoms with Crippen molar-refractivity contribution < 1.29 is 13.9 Å². The highest BCUT2D eigenvalue weighted by atomic mass is 28.3. The van der Waals surface area contributed by atoms with E-state index in [9.17, 15) is 0 Å². The van der Waals surface area contributed by atoms with E-state index in [1.807, 2.05) is 12.1 Å². The van der Waals surface area contributed by atoms with Crippen molar-refractivity contribution in [1.82, 2.24) is 0 Å². The lowest BCUT2D eigenvalue weighted by Gasteiger charge is -2.43. The van der Waals surface area contributed by atoms with E-state index >= 15 is 0 Å². The number of nitrogens with zero attached hydrogens (tertiary/aromatic N) is 1. The molecule has 0 saturated heterocycles. The first-order valence-corrected chi connectivity index (χ1v) is 17.8. The third-order valence-corrected chi connectivity index (χ3v) is 14.4. The van der Waals surface area contributed by atoms with Crippen molar-refractivity contribution in [3.05, 3.63) is 164 Å². The summed E-state index contributed by atoms with van der Waals surface area (Å²) in [5.74, 6) is 3.59. The minimum atomic E-state index is -2.89. The van der Waals surface area contributed by atoms with Gasteiger partial charge in [0.25, 0.3) is 0 Å². The number of benzene rings is 7. The van der Waals surface area contributed by atoms with E-state index in [0.717, 1.165) is 62.0 Å². The number of hydrogen-bond acceptors (Lipinski definition) is 4. The average Bonchev–Trinajstić information content (AvgIpc) is 3.50. The zero-order valence-corrected chi connectivity index (χ0v) is 26.3. The SMILES string of the molecule is c1ccc(N(c2ccc3c(c2)[Si]2(c4ccccc4Oc4ccccc42)c2ccccc2O3)c2ccc3c(c2)oc2ccccc23)cc1. The Morgan fingerprint density at radius 2 is 0.872 bits per heavy atom. The molecule has 0 fully saturated rings. The Morgan fingerprint density at radius 3 is 1.55 bits per heavy atom. The number of hydrogen-bond donors (Lipinski definition) is 0. The molecule has 0 saturated carbocycles. The van der Waals surface area contributed by atoms with Crippen LogP contribution in [0.5, 0.6) is 23.0 Å². The van der Waals surface area contributed by atoms with Crippen molar-refractivity contribution >= 4 is 67.8 Å². The molecule has 8 aromatic rings. The van der Waals surface area contributed by atoms with Gasteiger partial charge >= 0.3 is 0 Å². The van der Waals surface area contributed by atoms with Crippen LogP contribution < -0.4 is 35.1 Å². The molecule has 0 amide bonds. The van der Waals surface area contributed by atoms with Crippen molar-refractivity contribution in [3.8, 4) is 23.0 Å². The monoisotopic (exact) mass is 621 g/mol. The van der Waals surface area contributed by atoms with Gasteiger partial charge in [-0.25, -0.2) is 0 Å². The topological polar surface area (TPSA) is 34.8 Å². The van der Waals surface area contributed by atoms with Gasteiger partial charge in [-0.2, -0.15) is 0 Å². The smallest absolute Gasteiger partial charge is 0.196 e. The first-order chi connectivity index (χ1) is 23.3. The van der Waals surface area contributed by atoms with E-state index in [1.165, 1.54) is 20.7 Å². The van der Waals surface area contributed by atoms with Crippen molar-refractivity contribution in [2.75, 3.05) is 4.90 Å². The molecule has 47 heavy (non-hydrogen) atoms. The van der Waals surface area contributed by atoms with E-state index in [2.05, 4.69) is 157 Å². The molecule has 5 heteroatoms. The van der Waals surface area contributed by atoms with Crippen LogP contribution in [0, 0.1) is 0 Å². The molecule has 4 nitrogen and oxygen atoms in total. The van der Waals surface area contributed by atoms with Crippen molar-refractivity contribution in [1.29, 1.82) is 0 Å². The van der Waals surface area contributed by atoms with Crippen LogP contribution in [0.1, 0.15) is 0 Å². The summed E-state index contributed by atoms with van der Waals surface area (Å²) in [4.78, 5) is 2.31. The fraction of sp³-hybridized carbons (Fsp3) is 0. The quantitative estimate of drug-likeness (QED) is 0.185. The number of furan rings is 1. The minimum Gasteiger partial charge on any atom is -0.458 e. The summed E-state index contributed by atoms with van der Waals surface area (Å²) < 4.78 is 19.7. The van der Waals surface area contributed by atoms with Gasteiger partial charge in [0, 0.05) is 33.9 Å². The van der Waals surface area contributed by atoms with Crippen molar-refractivity contribution in [2.24, 2.45) is 0 Å². The highest BCUT2D eigenvalue weighted by Crippen LogP contribution is 2.41. The van der Waals surface area contributed by atoms with Crippen LogP contribution in [0.25, 0.3) is 21.9 Å². The highest BCUT2D eigenvalue weighted by Gasteiger charge is 2.53. The zero-order chi connectivity index (χ0) is 31.0. The van der Waals surface area contributed by atoms with Gasteiger partial charge in [0.2, 0.25) is 0 Å². The molecule has 10 rings (SSSR count). The van der Waals surface area contributed by atoms with Gasteiger partial charge in [-0.15, -0.1) is 0 Å². The maximum absolute atomic E-state index is 6.73. The fourth-order valence-electron chi connectivity index (χ4n) is 7.62. The molecule has 0 N–H and O–H groups in total. The van der Waals surface area contributed by atoms with Gasteiger partial charge in [0.05, 0.1) is 0 Å². The summed E-state index contributed by atoms with van der Waals surface area (Å²) in [6.45, 7) is 0. The van der Waals surface area contributed by atoms with Gasteiger partial charge in [0.15, 0.2) is 8.07 Å². The average molecular weight is 622 g/mol. The van der Waals surface area contributed by atoms with Crippen LogP contribution >= 0.6 is 0 Å². The normalized spacial score (nSPS) is 13.6. The number of rotatable bonds is 3. The van der Waals surface area contributed by atoms with E-state index in [0.29, 0.717) is 0 Å². The predicted molar refractivity (Wildman–Crippen MR) is 192 cm³/mol. The second kappa shape index (κ2) is 9.98. The lowest BCUT2D eigenvalue weighted by atomic mass is 10.1. The molecule has 1 aromatic heterocycles. The molecule has 0 radical (unpaired) electrons. The molecule has 0 atom stereocenters. The zero-order valence-electron chi connectivity index (χ0n) is 25.3. The summed E-state index contributed by atoms with van der Waals surface area (Å²) in [5.41, 5.74) is 4.87. The third-order valence-electron chi connectivity index (χ3n) is 9.57. The first kappa shape index (κ1) is 26.2. The van der Waals surface area contributed by atoms with E-state index in [1.54, 1.807) is 0 Å². The van der Waals surface area contributed by atoms with Gasteiger partial charge < -0.3 is 18.8 Å². The lowest BCUT2D eigenvalue weighted by molar-refractivity contribution is 0.481. The fourth-order valence-corrected chi connectivity index (χ4v) is 12.8. The molecule has 222 valence electrons. The predicted octanol–water partition coefficient (Wildman–Crippen LogP) is 8.64. The molecule has 3 heterocycles. The molecule has 7 aromatic carbocycles. The highest BCUT2D eigenvalue weighted by molar-refractivity contribution is 7.21. The summed E-state index contributed by atoms with van der Waals surface area (Å²) in [7, 11) is -2.89. The molecule has 1 spiro atoms. The van der Waals surface area contributed by atoms with E-state index in [4.69, 9.17) is 13.9 Å². The van der Waals surface area contributed by atoms with Gasteiger partial charge in [0.1, 0.15) is 34.2 Å². The maximum atomic E-state index is 6.73. The Balaban J connectivity index is 1.26. The number of anilines is 3. The van der Waals surface area contributed by atoms with Crippen LogP contribution in [0.2, 0.25) is 0 Å². The molecule has 2 aliphatic heterocycles. The van der Waals surface area contributed by atoms with E-state index in [-0.39, 0.29) is 0 Å².